The van der Waals surface area contributed by atoms with Gasteiger partial charge in [-0.3, -0.25) is 10.1 Å². The van der Waals surface area contributed by atoms with Crippen LogP contribution in [-0.4, -0.2) is 36.0 Å². The van der Waals surface area contributed by atoms with E-state index in [-0.39, 0.29) is 10.6 Å². The molecule has 2 rings (SSSR count). The summed E-state index contributed by atoms with van der Waals surface area (Å²) in [6.07, 6.45) is 2.05. The van der Waals surface area contributed by atoms with Gasteiger partial charge in [0.05, 0.1) is 4.92 Å². The van der Waals surface area contributed by atoms with Crippen LogP contribution in [0.2, 0.25) is 0 Å². The molecule has 0 radical (unpaired) electrons. The monoisotopic (exact) mass is 291 g/mol. The Bertz CT molecular complexity index is 561. The van der Waals surface area contributed by atoms with Crippen molar-refractivity contribution in [1.29, 1.82) is 0 Å². The van der Waals surface area contributed by atoms with Crippen LogP contribution < -0.4 is 5.32 Å². The Kier molecular flexibility index (Phi) is 4.52. The summed E-state index contributed by atoms with van der Waals surface area (Å²) in [6, 6.07) is 0.320. The molecule has 1 aliphatic heterocycles. The second-order valence-electron chi connectivity index (χ2n) is 6.20. The summed E-state index contributed by atoms with van der Waals surface area (Å²) in [5, 5.41) is 15.0. The van der Waals surface area contributed by atoms with Gasteiger partial charge in [0, 0.05) is 11.6 Å². The SMILES string of the molecule is Cc1c(C)c(C)c([N+](=O)[O-])c(NC2CCN(C)CC2)c1C. The zero-order chi connectivity index (χ0) is 15.7. The minimum atomic E-state index is -0.244. The second kappa shape index (κ2) is 6.02. The van der Waals surface area contributed by atoms with E-state index >= 15 is 0 Å². The molecule has 5 heteroatoms. The predicted octanol–water partition coefficient (Wildman–Crippen LogP) is 3.33. The standard InChI is InChI=1S/C16H25N3O2/c1-10-11(2)13(4)16(19(20)21)15(12(10)3)17-14-6-8-18(5)9-7-14/h14,17H,6-9H2,1-5H3. The van der Waals surface area contributed by atoms with Crippen LogP contribution in [0.5, 0.6) is 0 Å². The van der Waals surface area contributed by atoms with E-state index in [0.717, 1.165) is 53.9 Å². The molecule has 21 heavy (non-hydrogen) atoms. The van der Waals surface area contributed by atoms with Crippen LogP contribution in [0.4, 0.5) is 11.4 Å². The molecule has 0 aromatic heterocycles. The number of nitro benzene ring substituents is 1. The quantitative estimate of drug-likeness (QED) is 0.685. The summed E-state index contributed by atoms with van der Waals surface area (Å²) in [5.41, 5.74) is 4.91. The molecular weight excluding hydrogens is 266 g/mol. The molecule has 0 spiro atoms. The Hall–Kier alpha value is -1.62. The number of hydrogen-bond donors (Lipinski definition) is 1. The minimum absolute atomic E-state index is 0.244. The zero-order valence-corrected chi connectivity index (χ0v) is 13.6. The molecule has 116 valence electrons. The van der Waals surface area contributed by atoms with E-state index in [0.29, 0.717) is 6.04 Å². The van der Waals surface area contributed by atoms with Crippen molar-refractivity contribution in [2.45, 2.75) is 46.6 Å². The molecule has 1 saturated heterocycles. The van der Waals surface area contributed by atoms with Crippen LogP contribution in [-0.2, 0) is 0 Å². The van der Waals surface area contributed by atoms with E-state index in [2.05, 4.69) is 17.3 Å². The van der Waals surface area contributed by atoms with Gasteiger partial charge in [-0.25, -0.2) is 0 Å². The van der Waals surface area contributed by atoms with Gasteiger partial charge in [-0.15, -0.1) is 0 Å². The molecule has 1 heterocycles. The van der Waals surface area contributed by atoms with E-state index in [1.807, 2.05) is 27.7 Å². The van der Waals surface area contributed by atoms with E-state index in [4.69, 9.17) is 0 Å². The number of nitrogens with zero attached hydrogens (tertiary/aromatic N) is 2. The molecule has 1 aliphatic rings. The largest absolute Gasteiger partial charge is 0.376 e. The fourth-order valence-electron chi connectivity index (χ4n) is 3.05. The Morgan fingerprint density at radius 3 is 2.10 bits per heavy atom. The number of nitrogens with one attached hydrogen (secondary N) is 1. The minimum Gasteiger partial charge on any atom is -0.376 e. The molecule has 0 saturated carbocycles. The maximum Gasteiger partial charge on any atom is 0.295 e. The van der Waals surface area contributed by atoms with E-state index < -0.39 is 0 Å². The molecule has 0 aliphatic carbocycles. The average Bonchev–Trinajstić information content (AvgIpc) is 2.44. The number of piperidine rings is 1. The molecule has 0 unspecified atom stereocenters. The van der Waals surface area contributed by atoms with Crippen molar-refractivity contribution in [2.75, 3.05) is 25.5 Å². The van der Waals surface area contributed by atoms with Crippen LogP contribution in [0, 0.1) is 37.8 Å². The van der Waals surface area contributed by atoms with Crippen molar-refractivity contribution >= 4 is 11.4 Å². The molecule has 0 atom stereocenters. The molecule has 1 aromatic rings. The van der Waals surface area contributed by atoms with Crippen molar-refractivity contribution in [1.82, 2.24) is 4.90 Å². The van der Waals surface area contributed by atoms with Gasteiger partial charge in [-0.2, -0.15) is 0 Å². The van der Waals surface area contributed by atoms with Gasteiger partial charge in [0.1, 0.15) is 5.69 Å². The zero-order valence-electron chi connectivity index (χ0n) is 13.6. The van der Waals surface area contributed by atoms with Crippen molar-refractivity contribution in [3.63, 3.8) is 0 Å². The van der Waals surface area contributed by atoms with Crippen LogP contribution in [0.3, 0.4) is 0 Å². The number of hydrogen-bond acceptors (Lipinski definition) is 4. The molecule has 0 bridgehead atoms. The first-order chi connectivity index (χ1) is 9.82. The van der Waals surface area contributed by atoms with Crippen molar-refractivity contribution < 1.29 is 4.92 Å². The lowest BCUT2D eigenvalue weighted by Gasteiger charge is -2.31. The fourth-order valence-corrected chi connectivity index (χ4v) is 3.05. The first kappa shape index (κ1) is 15.8. The maximum atomic E-state index is 11.5. The highest BCUT2D eigenvalue weighted by Gasteiger charge is 2.26. The van der Waals surface area contributed by atoms with E-state index in [1.54, 1.807) is 0 Å². The van der Waals surface area contributed by atoms with Crippen molar-refractivity contribution in [2.24, 2.45) is 0 Å². The van der Waals surface area contributed by atoms with Crippen molar-refractivity contribution in [3.8, 4) is 0 Å². The first-order valence-electron chi connectivity index (χ1n) is 7.52. The van der Waals surface area contributed by atoms with Crippen LogP contribution in [0.15, 0.2) is 0 Å². The average molecular weight is 291 g/mol. The van der Waals surface area contributed by atoms with Gasteiger partial charge < -0.3 is 10.2 Å². The lowest BCUT2D eigenvalue weighted by Crippen LogP contribution is -2.37. The fraction of sp³-hybridized carbons (Fsp3) is 0.625. The highest BCUT2D eigenvalue weighted by molar-refractivity contribution is 5.73. The topological polar surface area (TPSA) is 58.4 Å². The predicted molar refractivity (Wildman–Crippen MR) is 86.2 cm³/mol. The number of anilines is 1. The summed E-state index contributed by atoms with van der Waals surface area (Å²) in [7, 11) is 2.12. The van der Waals surface area contributed by atoms with Gasteiger partial charge in [-0.05, 0) is 77.4 Å². The third kappa shape index (κ3) is 3.02. The highest BCUT2D eigenvalue weighted by Crippen LogP contribution is 2.37. The van der Waals surface area contributed by atoms with Crippen LogP contribution in [0.1, 0.15) is 35.1 Å². The summed E-state index contributed by atoms with van der Waals surface area (Å²) in [6.45, 7) is 9.90. The van der Waals surface area contributed by atoms with Gasteiger partial charge in [-0.1, -0.05) is 0 Å². The van der Waals surface area contributed by atoms with Gasteiger partial charge in [0.2, 0.25) is 0 Å². The highest BCUT2D eigenvalue weighted by atomic mass is 16.6. The van der Waals surface area contributed by atoms with Crippen LogP contribution >= 0.6 is 0 Å². The second-order valence-corrected chi connectivity index (χ2v) is 6.20. The first-order valence-corrected chi connectivity index (χ1v) is 7.52. The third-order valence-electron chi connectivity index (χ3n) is 4.90. The Morgan fingerprint density at radius 2 is 1.57 bits per heavy atom. The lowest BCUT2D eigenvalue weighted by atomic mass is 9.94. The lowest BCUT2D eigenvalue weighted by molar-refractivity contribution is -0.384. The van der Waals surface area contributed by atoms with E-state index in [9.17, 15) is 10.1 Å². The number of benzene rings is 1. The molecule has 5 nitrogen and oxygen atoms in total. The molecule has 1 fully saturated rings. The number of likely N-dealkylation sites (tertiary alicyclic amines) is 1. The van der Waals surface area contributed by atoms with Gasteiger partial charge in [0.25, 0.3) is 5.69 Å². The normalized spacial score (nSPS) is 17.0. The number of nitro groups is 1. The Morgan fingerprint density at radius 1 is 1.05 bits per heavy atom. The number of rotatable bonds is 3. The molecule has 1 aromatic carbocycles. The smallest absolute Gasteiger partial charge is 0.295 e. The third-order valence-corrected chi connectivity index (χ3v) is 4.90. The maximum absolute atomic E-state index is 11.5. The van der Waals surface area contributed by atoms with Crippen LogP contribution in [0.25, 0.3) is 0 Å². The van der Waals surface area contributed by atoms with E-state index in [1.165, 1.54) is 0 Å². The molecule has 1 N–H and O–H groups in total. The Balaban J connectivity index is 2.40. The summed E-state index contributed by atoms with van der Waals surface area (Å²) in [5.74, 6) is 0. The summed E-state index contributed by atoms with van der Waals surface area (Å²) >= 11 is 0. The summed E-state index contributed by atoms with van der Waals surface area (Å²) < 4.78 is 0. The Labute approximate surface area is 126 Å². The van der Waals surface area contributed by atoms with Crippen molar-refractivity contribution in [3.05, 3.63) is 32.4 Å². The summed E-state index contributed by atoms with van der Waals surface area (Å²) in [4.78, 5) is 13.6. The van der Waals surface area contributed by atoms with Gasteiger partial charge >= 0.3 is 0 Å². The molecule has 0 amide bonds. The molecular formula is C16H25N3O2. The van der Waals surface area contributed by atoms with Gasteiger partial charge in [0.15, 0.2) is 0 Å².